The molecule has 1 aromatic heterocycles. The Morgan fingerprint density at radius 2 is 2.22 bits per heavy atom. The third-order valence-corrected chi connectivity index (χ3v) is 3.93. The second kappa shape index (κ2) is 4.58. The van der Waals surface area contributed by atoms with Crippen LogP contribution in [0.15, 0.2) is 30.5 Å². The van der Waals surface area contributed by atoms with E-state index >= 15 is 0 Å². The molecule has 1 aromatic carbocycles. The fourth-order valence-electron chi connectivity index (χ4n) is 2.81. The lowest BCUT2D eigenvalue weighted by molar-refractivity contribution is 0.462. The van der Waals surface area contributed by atoms with Gasteiger partial charge in [-0.25, -0.2) is 4.68 Å². The summed E-state index contributed by atoms with van der Waals surface area (Å²) in [7, 11) is 0. The Balaban J connectivity index is 2.01. The van der Waals surface area contributed by atoms with E-state index in [-0.39, 0.29) is 0 Å². The molecule has 2 aromatic rings. The van der Waals surface area contributed by atoms with E-state index in [1.807, 2.05) is 6.20 Å². The van der Waals surface area contributed by atoms with Crippen LogP contribution in [0.1, 0.15) is 23.2 Å². The number of hydrogen-bond donors (Lipinski definition) is 1. The van der Waals surface area contributed by atoms with Crippen molar-refractivity contribution in [3.63, 3.8) is 0 Å². The number of aromatic nitrogens is 2. The summed E-state index contributed by atoms with van der Waals surface area (Å²) >= 11 is 0. The zero-order valence-electron chi connectivity index (χ0n) is 10.8. The highest BCUT2D eigenvalue weighted by Gasteiger charge is 2.22. The Morgan fingerprint density at radius 1 is 1.39 bits per heavy atom. The largest absolute Gasteiger partial charge is 0.330 e. The molecule has 94 valence electrons. The SMILES string of the molecule is Cc1ccccc1-n1ncc2c1CCC(CN)C2. The first-order valence-corrected chi connectivity index (χ1v) is 6.61. The third kappa shape index (κ3) is 1.85. The molecule has 0 spiro atoms. The predicted molar refractivity (Wildman–Crippen MR) is 72.9 cm³/mol. The minimum Gasteiger partial charge on any atom is -0.330 e. The average Bonchev–Trinajstić information content (AvgIpc) is 2.82. The van der Waals surface area contributed by atoms with Gasteiger partial charge in [0.05, 0.1) is 11.9 Å². The number of nitrogens with zero attached hydrogens (tertiary/aromatic N) is 2. The summed E-state index contributed by atoms with van der Waals surface area (Å²) in [5.41, 5.74) is 11.0. The van der Waals surface area contributed by atoms with Crippen LogP contribution in [-0.4, -0.2) is 16.3 Å². The maximum absolute atomic E-state index is 5.78. The van der Waals surface area contributed by atoms with Crippen molar-refractivity contribution in [2.75, 3.05) is 6.54 Å². The molecule has 1 atom stereocenters. The summed E-state index contributed by atoms with van der Waals surface area (Å²) in [6.45, 7) is 2.92. The van der Waals surface area contributed by atoms with Gasteiger partial charge in [-0.1, -0.05) is 18.2 Å². The molecule has 0 saturated carbocycles. The third-order valence-electron chi connectivity index (χ3n) is 3.93. The molecule has 3 rings (SSSR count). The van der Waals surface area contributed by atoms with Gasteiger partial charge in [0.1, 0.15) is 0 Å². The van der Waals surface area contributed by atoms with E-state index in [2.05, 4.69) is 41.0 Å². The summed E-state index contributed by atoms with van der Waals surface area (Å²) in [5, 5.41) is 4.57. The predicted octanol–water partition coefficient (Wildman–Crippen LogP) is 2.24. The first kappa shape index (κ1) is 11.5. The number of aryl methyl sites for hydroxylation is 1. The van der Waals surface area contributed by atoms with Crippen LogP contribution in [0, 0.1) is 12.8 Å². The Kier molecular flexibility index (Phi) is 2.92. The lowest BCUT2D eigenvalue weighted by Gasteiger charge is -2.21. The standard InChI is InChI=1S/C15H19N3/c1-11-4-2-3-5-14(11)18-15-7-6-12(9-16)8-13(15)10-17-18/h2-5,10,12H,6-9,16H2,1H3. The van der Waals surface area contributed by atoms with E-state index in [1.54, 1.807) is 0 Å². The topological polar surface area (TPSA) is 43.8 Å². The number of rotatable bonds is 2. The van der Waals surface area contributed by atoms with Crippen molar-refractivity contribution in [1.82, 2.24) is 9.78 Å². The van der Waals surface area contributed by atoms with Crippen molar-refractivity contribution in [3.8, 4) is 5.69 Å². The molecule has 2 N–H and O–H groups in total. The summed E-state index contributed by atoms with van der Waals surface area (Å²) in [4.78, 5) is 0. The lowest BCUT2D eigenvalue weighted by atomic mass is 9.88. The van der Waals surface area contributed by atoms with E-state index in [1.165, 1.54) is 28.9 Å². The molecule has 3 heteroatoms. The maximum Gasteiger partial charge on any atom is 0.0678 e. The van der Waals surface area contributed by atoms with Gasteiger partial charge in [0.15, 0.2) is 0 Å². The molecule has 0 bridgehead atoms. The summed E-state index contributed by atoms with van der Waals surface area (Å²) < 4.78 is 2.11. The maximum atomic E-state index is 5.78. The molecule has 0 radical (unpaired) electrons. The highest BCUT2D eigenvalue weighted by molar-refractivity contribution is 5.42. The normalized spacial score (nSPS) is 18.7. The molecule has 1 unspecified atom stereocenters. The lowest BCUT2D eigenvalue weighted by Crippen LogP contribution is -2.22. The zero-order chi connectivity index (χ0) is 12.5. The number of benzene rings is 1. The second-order valence-electron chi connectivity index (χ2n) is 5.16. The van der Waals surface area contributed by atoms with Crippen LogP contribution < -0.4 is 5.73 Å². The molecule has 1 aliphatic carbocycles. The summed E-state index contributed by atoms with van der Waals surface area (Å²) in [6, 6.07) is 8.41. The Morgan fingerprint density at radius 3 is 3.00 bits per heavy atom. The minimum atomic E-state index is 0.632. The van der Waals surface area contributed by atoms with Crippen molar-refractivity contribution in [3.05, 3.63) is 47.3 Å². The van der Waals surface area contributed by atoms with Crippen LogP contribution in [0.2, 0.25) is 0 Å². The summed E-state index contributed by atoms with van der Waals surface area (Å²) in [6.07, 6.45) is 5.37. The number of para-hydroxylation sites is 1. The smallest absolute Gasteiger partial charge is 0.0678 e. The van der Waals surface area contributed by atoms with Crippen molar-refractivity contribution < 1.29 is 0 Å². The highest BCUT2D eigenvalue weighted by atomic mass is 15.3. The monoisotopic (exact) mass is 241 g/mol. The van der Waals surface area contributed by atoms with Crippen LogP contribution in [0.4, 0.5) is 0 Å². The Labute approximate surface area is 108 Å². The Bertz CT molecular complexity index is 557. The summed E-state index contributed by atoms with van der Waals surface area (Å²) in [5.74, 6) is 0.632. The highest BCUT2D eigenvalue weighted by Crippen LogP contribution is 2.27. The van der Waals surface area contributed by atoms with E-state index in [4.69, 9.17) is 5.73 Å². The molecule has 3 nitrogen and oxygen atoms in total. The van der Waals surface area contributed by atoms with Crippen molar-refractivity contribution in [2.45, 2.75) is 26.2 Å². The van der Waals surface area contributed by atoms with Crippen LogP contribution in [0.5, 0.6) is 0 Å². The van der Waals surface area contributed by atoms with Gasteiger partial charge in [-0.2, -0.15) is 5.10 Å². The van der Waals surface area contributed by atoms with E-state index < -0.39 is 0 Å². The number of nitrogens with two attached hydrogens (primary N) is 1. The Hall–Kier alpha value is -1.61. The number of fused-ring (bicyclic) bond motifs is 1. The molecule has 0 saturated heterocycles. The van der Waals surface area contributed by atoms with E-state index in [0.29, 0.717) is 5.92 Å². The molecular formula is C15H19N3. The van der Waals surface area contributed by atoms with E-state index in [0.717, 1.165) is 19.4 Å². The van der Waals surface area contributed by atoms with Gasteiger partial charge in [0.25, 0.3) is 0 Å². The van der Waals surface area contributed by atoms with Crippen molar-refractivity contribution in [2.24, 2.45) is 11.7 Å². The van der Waals surface area contributed by atoms with Gasteiger partial charge >= 0.3 is 0 Å². The van der Waals surface area contributed by atoms with Gasteiger partial charge < -0.3 is 5.73 Å². The van der Waals surface area contributed by atoms with Crippen LogP contribution in [0.3, 0.4) is 0 Å². The minimum absolute atomic E-state index is 0.632. The first-order valence-electron chi connectivity index (χ1n) is 6.61. The van der Waals surface area contributed by atoms with Crippen LogP contribution in [0.25, 0.3) is 5.69 Å². The molecule has 0 amide bonds. The van der Waals surface area contributed by atoms with Gasteiger partial charge in [-0.15, -0.1) is 0 Å². The van der Waals surface area contributed by atoms with Gasteiger partial charge in [0, 0.05) is 5.69 Å². The van der Waals surface area contributed by atoms with Crippen molar-refractivity contribution in [1.29, 1.82) is 0 Å². The fourth-order valence-corrected chi connectivity index (χ4v) is 2.81. The van der Waals surface area contributed by atoms with Gasteiger partial charge in [0.2, 0.25) is 0 Å². The van der Waals surface area contributed by atoms with Crippen LogP contribution in [-0.2, 0) is 12.8 Å². The number of hydrogen-bond acceptors (Lipinski definition) is 2. The quantitative estimate of drug-likeness (QED) is 0.876. The molecule has 18 heavy (non-hydrogen) atoms. The average molecular weight is 241 g/mol. The molecule has 1 aliphatic rings. The fraction of sp³-hybridized carbons (Fsp3) is 0.400. The zero-order valence-corrected chi connectivity index (χ0v) is 10.8. The van der Waals surface area contributed by atoms with Gasteiger partial charge in [-0.3, -0.25) is 0 Å². The molecule has 1 heterocycles. The molecular weight excluding hydrogens is 222 g/mol. The van der Waals surface area contributed by atoms with E-state index in [9.17, 15) is 0 Å². The van der Waals surface area contributed by atoms with Crippen LogP contribution >= 0.6 is 0 Å². The van der Waals surface area contributed by atoms with Crippen molar-refractivity contribution >= 4 is 0 Å². The molecule has 0 fully saturated rings. The molecule has 0 aliphatic heterocycles. The van der Waals surface area contributed by atoms with Gasteiger partial charge in [-0.05, 0) is 55.8 Å². The first-order chi connectivity index (χ1) is 8.79. The second-order valence-corrected chi connectivity index (χ2v) is 5.16.